The molecule has 0 spiro atoms. The summed E-state index contributed by atoms with van der Waals surface area (Å²) >= 11 is 0. The van der Waals surface area contributed by atoms with E-state index in [9.17, 15) is 4.79 Å². The quantitative estimate of drug-likeness (QED) is 0.803. The van der Waals surface area contributed by atoms with E-state index < -0.39 is 11.5 Å². The molecule has 4 heteroatoms. The van der Waals surface area contributed by atoms with Crippen LogP contribution in [-0.2, 0) is 4.79 Å². The van der Waals surface area contributed by atoms with Gasteiger partial charge in [-0.3, -0.25) is 9.69 Å². The summed E-state index contributed by atoms with van der Waals surface area (Å²) in [4.78, 5) is 13.5. The Kier molecular flexibility index (Phi) is 4.28. The molecule has 2 aliphatic rings. The Labute approximate surface area is 110 Å². The second-order valence-electron chi connectivity index (χ2n) is 6.14. The SMILES string of the molecule is CCCC1CCC(N2CCC(N)(C(=O)O)C2)CC1. The van der Waals surface area contributed by atoms with Crippen molar-refractivity contribution in [3.63, 3.8) is 0 Å². The summed E-state index contributed by atoms with van der Waals surface area (Å²) in [5, 5.41) is 9.15. The maximum atomic E-state index is 11.1. The van der Waals surface area contributed by atoms with Gasteiger partial charge in [0.05, 0.1) is 0 Å². The number of rotatable bonds is 4. The number of carboxylic acids is 1. The van der Waals surface area contributed by atoms with E-state index in [1.165, 1.54) is 38.5 Å². The maximum absolute atomic E-state index is 11.1. The minimum absolute atomic E-state index is 0.533. The van der Waals surface area contributed by atoms with Gasteiger partial charge in [-0.25, -0.2) is 0 Å². The number of nitrogens with zero attached hydrogens (tertiary/aromatic N) is 1. The molecule has 1 aliphatic carbocycles. The van der Waals surface area contributed by atoms with Crippen molar-refractivity contribution in [3.05, 3.63) is 0 Å². The lowest BCUT2D eigenvalue weighted by Gasteiger charge is -2.35. The molecule has 1 saturated carbocycles. The van der Waals surface area contributed by atoms with Crippen molar-refractivity contribution in [2.75, 3.05) is 13.1 Å². The van der Waals surface area contributed by atoms with Crippen molar-refractivity contribution < 1.29 is 9.90 Å². The highest BCUT2D eigenvalue weighted by atomic mass is 16.4. The summed E-state index contributed by atoms with van der Waals surface area (Å²) in [6.07, 6.45) is 8.28. The zero-order chi connectivity index (χ0) is 13.2. The van der Waals surface area contributed by atoms with Crippen LogP contribution in [0.15, 0.2) is 0 Å². The summed E-state index contributed by atoms with van der Waals surface area (Å²) in [5.41, 5.74) is 4.93. The molecule has 1 atom stereocenters. The fraction of sp³-hybridized carbons (Fsp3) is 0.929. The first-order valence-corrected chi connectivity index (χ1v) is 7.31. The largest absolute Gasteiger partial charge is 0.480 e. The Hall–Kier alpha value is -0.610. The van der Waals surface area contributed by atoms with E-state index in [0.717, 1.165) is 12.5 Å². The number of aliphatic carboxylic acids is 1. The average molecular weight is 254 g/mol. The van der Waals surface area contributed by atoms with Crippen molar-refractivity contribution in [1.29, 1.82) is 0 Å². The van der Waals surface area contributed by atoms with Crippen LogP contribution in [0.5, 0.6) is 0 Å². The van der Waals surface area contributed by atoms with Gasteiger partial charge in [-0.2, -0.15) is 0 Å². The van der Waals surface area contributed by atoms with Crippen molar-refractivity contribution in [3.8, 4) is 0 Å². The minimum Gasteiger partial charge on any atom is -0.480 e. The van der Waals surface area contributed by atoms with E-state index in [2.05, 4.69) is 11.8 Å². The molecule has 2 rings (SSSR count). The molecule has 1 saturated heterocycles. The Balaban J connectivity index is 1.83. The molecule has 4 nitrogen and oxygen atoms in total. The molecule has 1 unspecified atom stereocenters. The zero-order valence-corrected chi connectivity index (χ0v) is 11.4. The molecule has 0 aromatic rings. The van der Waals surface area contributed by atoms with Crippen molar-refractivity contribution >= 4 is 5.97 Å². The van der Waals surface area contributed by atoms with Gasteiger partial charge >= 0.3 is 5.97 Å². The van der Waals surface area contributed by atoms with E-state index in [1.54, 1.807) is 0 Å². The van der Waals surface area contributed by atoms with Crippen molar-refractivity contribution in [1.82, 2.24) is 4.90 Å². The molecule has 18 heavy (non-hydrogen) atoms. The second-order valence-corrected chi connectivity index (χ2v) is 6.14. The summed E-state index contributed by atoms with van der Waals surface area (Å²) in [6.45, 7) is 3.64. The van der Waals surface area contributed by atoms with E-state index in [-0.39, 0.29) is 0 Å². The van der Waals surface area contributed by atoms with Crippen LogP contribution in [0.4, 0.5) is 0 Å². The highest BCUT2D eigenvalue weighted by Crippen LogP contribution is 2.33. The second kappa shape index (κ2) is 5.57. The number of likely N-dealkylation sites (tertiary alicyclic amines) is 1. The molecule has 0 bridgehead atoms. The van der Waals surface area contributed by atoms with Gasteiger partial charge in [0.2, 0.25) is 0 Å². The molecule has 104 valence electrons. The van der Waals surface area contributed by atoms with Crippen LogP contribution in [-0.4, -0.2) is 40.6 Å². The molecular weight excluding hydrogens is 228 g/mol. The third kappa shape index (κ3) is 2.86. The number of nitrogens with two attached hydrogens (primary N) is 1. The fourth-order valence-corrected chi connectivity index (χ4v) is 3.56. The first-order valence-electron chi connectivity index (χ1n) is 7.31. The highest BCUT2D eigenvalue weighted by molar-refractivity contribution is 5.79. The maximum Gasteiger partial charge on any atom is 0.325 e. The molecule has 0 aromatic carbocycles. The normalized spacial score (nSPS) is 37.9. The Bertz CT molecular complexity index is 300. The van der Waals surface area contributed by atoms with Gasteiger partial charge in [-0.15, -0.1) is 0 Å². The van der Waals surface area contributed by atoms with Crippen LogP contribution in [0, 0.1) is 5.92 Å². The van der Waals surface area contributed by atoms with Crippen LogP contribution in [0.2, 0.25) is 0 Å². The number of hydrogen-bond acceptors (Lipinski definition) is 3. The fourth-order valence-electron chi connectivity index (χ4n) is 3.56. The highest BCUT2D eigenvalue weighted by Gasteiger charge is 2.43. The van der Waals surface area contributed by atoms with Gasteiger partial charge in [0.1, 0.15) is 5.54 Å². The predicted octanol–water partition coefficient (Wildman–Crippen LogP) is 1.83. The number of hydrogen-bond donors (Lipinski definition) is 2. The molecule has 0 aromatic heterocycles. The van der Waals surface area contributed by atoms with Crippen LogP contribution < -0.4 is 5.73 Å². The van der Waals surface area contributed by atoms with Gasteiger partial charge in [-0.1, -0.05) is 19.8 Å². The van der Waals surface area contributed by atoms with Gasteiger partial charge < -0.3 is 10.8 Å². The third-order valence-corrected chi connectivity index (χ3v) is 4.79. The van der Waals surface area contributed by atoms with Gasteiger partial charge in [0, 0.05) is 19.1 Å². The molecule has 2 fully saturated rings. The lowest BCUT2D eigenvalue weighted by atomic mass is 9.83. The first kappa shape index (κ1) is 13.8. The molecular formula is C14H26N2O2. The summed E-state index contributed by atoms with van der Waals surface area (Å²) in [7, 11) is 0. The van der Waals surface area contributed by atoms with Crippen LogP contribution in [0.1, 0.15) is 51.9 Å². The van der Waals surface area contributed by atoms with E-state index in [1.807, 2.05) is 0 Å². The van der Waals surface area contributed by atoms with E-state index in [0.29, 0.717) is 19.0 Å². The van der Waals surface area contributed by atoms with Gasteiger partial charge in [0.25, 0.3) is 0 Å². The summed E-state index contributed by atoms with van der Waals surface area (Å²) in [5.74, 6) is 0.0561. The van der Waals surface area contributed by atoms with Gasteiger partial charge in [-0.05, 0) is 38.0 Å². The smallest absolute Gasteiger partial charge is 0.325 e. The van der Waals surface area contributed by atoms with Crippen LogP contribution in [0.3, 0.4) is 0 Å². The zero-order valence-electron chi connectivity index (χ0n) is 11.4. The molecule has 1 heterocycles. The summed E-state index contributed by atoms with van der Waals surface area (Å²) < 4.78 is 0. The number of carbonyl (C=O) groups is 1. The lowest BCUT2D eigenvalue weighted by Crippen LogP contribution is -2.51. The van der Waals surface area contributed by atoms with Crippen molar-refractivity contribution in [2.45, 2.75) is 63.5 Å². The van der Waals surface area contributed by atoms with Crippen LogP contribution >= 0.6 is 0 Å². The van der Waals surface area contributed by atoms with E-state index >= 15 is 0 Å². The van der Waals surface area contributed by atoms with E-state index in [4.69, 9.17) is 10.8 Å². The molecule has 1 aliphatic heterocycles. The topological polar surface area (TPSA) is 66.6 Å². The molecule has 3 N–H and O–H groups in total. The summed E-state index contributed by atoms with van der Waals surface area (Å²) in [6, 6.07) is 0.572. The average Bonchev–Trinajstić information content (AvgIpc) is 2.75. The van der Waals surface area contributed by atoms with Crippen molar-refractivity contribution in [2.24, 2.45) is 11.7 Å². The predicted molar refractivity (Wildman–Crippen MR) is 71.4 cm³/mol. The molecule has 0 radical (unpaired) electrons. The third-order valence-electron chi connectivity index (χ3n) is 4.79. The Morgan fingerprint density at radius 1 is 1.39 bits per heavy atom. The molecule has 0 amide bonds. The first-order chi connectivity index (χ1) is 8.55. The Morgan fingerprint density at radius 3 is 2.56 bits per heavy atom. The van der Waals surface area contributed by atoms with Gasteiger partial charge in [0.15, 0.2) is 0 Å². The standard InChI is InChI=1S/C14H26N2O2/c1-2-3-11-4-6-12(7-5-11)16-9-8-14(15,10-16)13(17)18/h11-12H,2-10,15H2,1H3,(H,17,18). The monoisotopic (exact) mass is 254 g/mol. The lowest BCUT2D eigenvalue weighted by molar-refractivity contribution is -0.142. The number of carboxylic acid groups (broad SMARTS) is 1. The van der Waals surface area contributed by atoms with Crippen LogP contribution in [0.25, 0.3) is 0 Å². The minimum atomic E-state index is -1.000. The Morgan fingerprint density at radius 2 is 2.06 bits per heavy atom.